The second kappa shape index (κ2) is 3.51. The zero-order chi connectivity index (χ0) is 11.6. The van der Waals surface area contributed by atoms with Crippen LogP contribution in [0.4, 0.5) is 0 Å². The van der Waals surface area contributed by atoms with E-state index < -0.39 is 7.38 Å². The summed E-state index contributed by atoms with van der Waals surface area (Å²) in [6, 6.07) is 0. The van der Waals surface area contributed by atoms with Gasteiger partial charge in [-0.2, -0.15) is 11.1 Å². The van der Waals surface area contributed by atoms with Crippen LogP contribution in [0.3, 0.4) is 0 Å². The van der Waals surface area contributed by atoms with Crippen molar-refractivity contribution in [1.82, 2.24) is 0 Å². The third kappa shape index (κ3) is 1.36. The molecule has 0 aromatic heterocycles. The average molecular weight is 265 g/mol. The van der Waals surface area contributed by atoms with Gasteiger partial charge in [0.15, 0.2) is 7.38 Å². The van der Waals surface area contributed by atoms with E-state index in [1.807, 2.05) is 0 Å². The lowest BCUT2D eigenvalue weighted by molar-refractivity contribution is 0.600. The highest BCUT2D eigenvalue weighted by Gasteiger charge is 2.58. The second-order valence-corrected chi connectivity index (χ2v) is 12.9. The van der Waals surface area contributed by atoms with Gasteiger partial charge in [-0.1, -0.05) is 30.9 Å². The van der Waals surface area contributed by atoms with Gasteiger partial charge in [0.05, 0.1) is 0 Å². The maximum Gasteiger partial charge on any atom is 0.161 e. The Morgan fingerprint density at radius 1 is 0.765 bits per heavy atom. The lowest BCUT2D eigenvalue weighted by atomic mass is 10.1. The third-order valence-corrected chi connectivity index (χ3v) is 11.9. The highest BCUT2D eigenvalue weighted by molar-refractivity contribution is 7.21. The predicted molar refractivity (Wildman–Crippen MR) is 75.7 cm³/mol. The summed E-state index contributed by atoms with van der Waals surface area (Å²) in [5.41, 5.74) is 1.72. The molecule has 0 nitrogen and oxygen atoms in total. The molecule has 4 atom stereocenters. The van der Waals surface area contributed by atoms with Crippen molar-refractivity contribution in [2.45, 2.75) is 43.3 Å². The lowest BCUT2D eigenvalue weighted by Gasteiger charge is -2.38. The quantitative estimate of drug-likeness (QED) is 0.384. The van der Waals surface area contributed by atoms with Crippen LogP contribution in [-0.2, 0) is 0 Å². The van der Waals surface area contributed by atoms with Gasteiger partial charge in [0, 0.05) is 0 Å². The fraction of sp³-hybridized carbons (Fsp3) is 0.733. The summed E-state index contributed by atoms with van der Waals surface area (Å²) in [4.78, 5) is 0. The van der Waals surface area contributed by atoms with Crippen molar-refractivity contribution in [3.63, 3.8) is 0 Å². The Kier molecular flexibility index (Phi) is 2.24. The van der Waals surface area contributed by atoms with Gasteiger partial charge in [-0.05, 0) is 60.4 Å². The van der Waals surface area contributed by atoms with E-state index in [0.29, 0.717) is 0 Å². The molecular weight excluding hydrogens is 244 g/mol. The summed E-state index contributed by atoms with van der Waals surface area (Å²) in [6.45, 7) is 2.49. The van der Waals surface area contributed by atoms with Gasteiger partial charge >= 0.3 is 0 Å². The molecular formula is C15H21ClSi. The van der Waals surface area contributed by atoms with E-state index in [9.17, 15) is 0 Å². The molecule has 0 heterocycles. The summed E-state index contributed by atoms with van der Waals surface area (Å²) in [5, 5.41) is 0. The molecule has 0 aliphatic heterocycles. The highest BCUT2D eigenvalue weighted by atomic mass is 35.6. The van der Waals surface area contributed by atoms with E-state index in [0.717, 1.165) is 34.8 Å². The van der Waals surface area contributed by atoms with Crippen molar-refractivity contribution in [3.8, 4) is 0 Å². The molecule has 0 saturated heterocycles. The van der Waals surface area contributed by atoms with Crippen LogP contribution in [0.2, 0.25) is 17.6 Å². The van der Waals surface area contributed by atoms with E-state index in [4.69, 9.17) is 11.1 Å². The van der Waals surface area contributed by atoms with Crippen LogP contribution < -0.4 is 0 Å². The fourth-order valence-corrected chi connectivity index (χ4v) is 12.3. The predicted octanol–water partition coefficient (Wildman–Crippen LogP) is 4.73. The van der Waals surface area contributed by atoms with Crippen LogP contribution in [0.15, 0.2) is 24.3 Å². The van der Waals surface area contributed by atoms with E-state index in [-0.39, 0.29) is 0 Å². The molecule has 2 heteroatoms. The molecule has 2 fully saturated rings. The molecule has 4 bridgehead atoms. The van der Waals surface area contributed by atoms with Crippen LogP contribution in [-0.4, -0.2) is 7.38 Å². The van der Waals surface area contributed by atoms with Crippen LogP contribution >= 0.6 is 11.1 Å². The smallest absolute Gasteiger partial charge is 0.161 e. The molecule has 0 aromatic rings. The van der Waals surface area contributed by atoms with Crippen LogP contribution in [0.25, 0.3) is 0 Å². The maximum absolute atomic E-state index is 7.27. The van der Waals surface area contributed by atoms with E-state index in [1.165, 1.54) is 25.7 Å². The molecule has 4 aliphatic rings. The number of allylic oxidation sites excluding steroid dienone is 4. The minimum absolute atomic E-state index is 0.842. The highest BCUT2D eigenvalue weighted by Crippen LogP contribution is 2.64. The van der Waals surface area contributed by atoms with Crippen LogP contribution in [0, 0.1) is 23.7 Å². The Hall–Kier alpha value is -0.0131. The minimum atomic E-state index is -1.62. The molecule has 2 saturated carbocycles. The molecule has 0 amide bonds. The molecule has 0 aromatic carbocycles. The van der Waals surface area contributed by atoms with Gasteiger partial charge in [0.1, 0.15) is 0 Å². The van der Waals surface area contributed by atoms with Crippen molar-refractivity contribution < 1.29 is 0 Å². The lowest BCUT2D eigenvalue weighted by Crippen LogP contribution is -2.40. The first-order valence-corrected chi connectivity index (χ1v) is 10.9. The largest absolute Gasteiger partial charge is 0.167 e. The zero-order valence-corrected chi connectivity index (χ0v) is 12.2. The maximum atomic E-state index is 7.27. The fourth-order valence-electron chi connectivity index (χ4n) is 5.45. The van der Waals surface area contributed by atoms with Gasteiger partial charge in [-0.15, -0.1) is 0 Å². The summed E-state index contributed by atoms with van der Waals surface area (Å²) >= 11 is 7.27. The van der Waals surface area contributed by atoms with Crippen molar-refractivity contribution in [3.05, 3.63) is 24.3 Å². The Morgan fingerprint density at radius 2 is 1.06 bits per heavy atom. The number of halogens is 1. The van der Waals surface area contributed by atoms with E-state index in [1.54, 1.807) is 0 Å². The average Bonchev–Trinajstić information content (AvgIpc) is 3.08. The molecule has 4 aliphatic carbocycles. The molecule has 4 rings (SSSR count). The van der Waals surface area contributed by atoms with Gasteiger partial charge in [-0.25, -0.2) is 0 Å². The summed E-state index contributed by atoms with van der Waals surface area (Å²) < 4.78 is 0. The molecule has 4 unspecified atom stereocenters. The van der Waals surface area contributed by atoms with Gasteiger partial charge in [0.2, 0.25) is 0 Å². The Labute approximate surface area is 110 Å². The number of rotatable bonds is 2. The Morgan fingerprint density at radius 3 is 1.29 bits per heavy atom. The van der Waals surface area contributed by atoms with Crippen molar-refractivity contribution in [2.75, 3.05) is 0 Å². The summed E-state index contributed by atoms with van der Waals surface area (Å²) in [5.74, 6) is 3.37. The number of hydrogen-bond acceptors (Lipinski definition) is 0. The van der Waals surface area contributed by atoms with Gasteiger partial charge in [0.25, 0.3) is 0 Å². The number of hydrogen-bond donors (Lipinski definition) is 0. The first-order valence-electron chi connectivity index (χ1n) is 7.23. The third-order valence-electron chi connectivity index (χ3n) is 6.03. The van der Waals surface area contributed by atoms with Crippen molar-refractivity contribution in [2.24, 2.45) is 23.7 Å². The minimum Gasteiger partial charge on any atom is -0.167 e. The first-order chi connectivity index (χ1) is 8.18. The van der Waals surface area contributed by atoms with E-state index in [2.05, 4.69) is 30.9 Å². The van der Waals surface area contributed by atoms with Crippen LogP contribution in [0.1, 0.15) is 25.7 Å². The molecule has 0 N–H and O–H groups in total. The van der Waals surface area contributed by atoms with E-state index >= 15 is 0 Å². The molecule has 92 valence electrons. The van der Waals surface area contributed by atoms with Crippen molar-refractivity contribution in [1.29, 1.82) is 0 Å². The summed E-state index contributed by atoms with van der Waals surface area (Å²) in [7, 11) is -1.62. The van der Waals surface area contributed by atoms with Crippen LogP contribution in [0.5, 0.6) is 0 Å². The number of fused-ring (bicyclic) bond motifs is 4. The topological polar surface area (TPSA) is 0 Å². The summed E-state index contributed by atoms with van der Waals surface area (Å²) in [6.07, 6.45) is 15.6. The molecule has 0 spiro atoms. The molecule has 0 radical (unpaired) electrons. The normalized spacial score (nSPS) is 53.5. The van der Waals surface area contributed by atoms with Crippen molar-refractivity contribution >= 4 is 18.5 Å². The van der Waals surface area contributed by atoms with Gasteiger partial charge in [-0.3, -0.25) is 0 Å². The standard InChI is InChI=1S/C15H21ClSi/c1-17(16,14-10-2-3-11(14)5-4-10)15-12-6-7-13(15)9-8-12/h2-3,6-7,10-15H,4-5,8-9H2,1H3. The second-order valence-electron chi connectivity index (χ2n) is 6.78. The zero-order valence-electron chi connectivity index (χ0n) is 10.5. The van der Waals surface area contributed by atoms with Gasteiger partial charge < -0.3 is 0 Å². The molecule has 17 heavy (non-hydrogen) atoms. The SMILES string of the molecule is C[Si](Cl)(C1C2C=CC1CC2)C1C2C=CC1CC2. The Balaban J connectivity index is 1.65. The first kappa shape index (κ1) is 10.9. The Bertz CT molecular complexity index is 334. The monoisotopic (exact) mass is 264 g/mol.